The minimum absolute atomic E-state index is 1.13. The van der Waals surface area contributed by atoms with Gasteiger partial charge in [0.2, 0.25) is 0 Å². The van der Waals surface area contributed by atoms with Gasteiger partial charge in [0.15, 0.2) is 8.24 Å². The summed E-state index contributed by atoms with van der Waals surface area (Å²) in [6, 6.07) is 8.81. The fourth-order valence-electron chi connectivity index (χ4n) is 2.24. The second-order valence-corrected chi connectivity index (χ2v) is 8.89. The highest BCUT2D eigenvalue weighted by atomic mass is 28.3. The van der Waals surface area contributed by atoms with Gasteiger partial charge in [0, 0.05) is 0 Å². The van der Waals surface area contributed by atoms with Gasteiger partial charge in [-0.25, -0.2) is 0 Å². The van der Waals surface area contributed by atoms with Gasteiger partial charge in [0.05, 0.1) is 0 Å². The molecule has 0 N–H and O–H groups in total. The van der Waals surface area contributed by atoms with Crippen molar-refractivity contribution in [1.29, 1.82) is 0 Å². The minimum atomic E-state index is -1.47. The molecule has 1 rings (SSSR count). The van der Waals surface area contributed by atoms with E-state index in [-0.39, 0.29) is 0 Å². The molecule has 1 aromatic carbocycles. The zero-order valence-corrected chi connectivity index (χ0v) is 12.0. The zero-order chi connectivity index (χ0) is 12.2. The molecule has 0 bridgehead atoms. The van der Waals surface area contributed by atoms with E-state index in [2.05, 4.69) is 62.4 Å². The maximum Gasteiger partial charge on any atom is 0.154 e. The zero-order valence-electron chi connectivity index (χ0n) is 11.0. The maximum atomic E-state index is 3.84. The summed E-state index contributed by atoms with van der Waals surface area (Å²) in [5.74, 6) is 0. The number of rotatable bonds is 5. The van der Waals surface area contributed by atoms with Crippen molar-refractivity contribution in [3.05, 3.63) is 36.4 Å². The van der Waals surface area contributed by atoms with Crippen LogP contribution >= 0.6 is 0 Å². The van der Waals surface area contributed by atoms with Crippen molar-refractivity contribution in [3.63, 3.8) is 0 Å². The van der Waals surface area contributed by atoms with Crippen LogP contribution in [0, 0.1) is 0 Å². The molecule has 0 atom stereocenters. The van der Waals surface area contributed by atoms with Crippen molar-refractivity contribution in [1.82, 2.24) is 4.57 Å². The molecule has 88 valence electrons. The third kappa shape index (κ3) is 2.63. The largest absolute Gasteiger partial charge is 0.321 e. The van der Waals surface area contributed by atoms with Crippen LogP contribution in [0.4, 0.5) is 0 Å². The second-order valence-electron chi connectivity index (χ2n) is 4.56. The summed E-state index contributed by atoms with van der Waals surface area (Å²) in [5.41, 5.74) is 1.23. The number of benzene rings is 1. The monoisotopic (exact) mass is 233 g/mol. The Kier molecular flexibility index (Phi) is 4.51. The van der Waals surface area contributed by atoms with Crippen molar-refractivity contribution in [2.24, 2.45) is 0 Å². The van der Waals surface area contributed by atoms with Crippen LogP contribution in [0.5, 0.6) is 0 Å². The van der Waals surface area contributed by atoms with Gasteiger partial charge in [-0.3, -0.25) is 0 Å². The van der Waals surface area contributed by atoms with Crippen LogP contribution < -0.4 is 5.19 Å². The summed E-state index contributed by atoms with van der Waals surface area (Å²) in [6.45, 7) is 15.4. The lowest BCUT2D eigenvalue weighted by atomic mass is 10.2. The normalized spacial score (nSPS) is 11.8. The van der Waals surface area contributed by atoms with Crippen molar-refractivity contribution >= 4 is 19.5 Å². The SMILES string of the molecule is C=Cc1cccc([Si](C)(C)N(CC)CC)c1. The van der Waals surface area contributed by atoms with Gasteiger partial charge in [-0.1, -0.05) is 63.9 Å². The summed E-state index contributed by atoms with van der Waals surface area (Å²) >= 11 is 0. The van der Waals surface area contributed by atoms with E-state index in [0.29, 0.717) is 0 Å². The molecule has 2 heteroatoms. The Morgan fingerprint density at radius 1 is 1.25 bits per heavy atom. The molecule has 0 aliphatic heterocycles. The van der Waals surface area contributed by atoms with E-state index in [0.717, 1.165) is 13.1 Å². The van der Waals surface area contributed by atoms with Crippen molar-refractivity contribution in [2.45, 2.75) is 26.9 Å². The van der Waals surface area contributed by atoms with Crippen molar-refractivity contribution in [2.75, 3.05) is 13.1 Å². The summed E-state index contributed by atoms with van der Waals surface area (Å²) in [4.78, 5) is 0. The first-order valence-electron chi connectivity index (χ1n) is 6.04. The number of hydrogen-bond donors (Lipinski definition) is 0. The molecule has 0 saturated carbocycles. The van der Waals surface area contributed by atoms with E-state index in [1.54, 1.807) is 0 Å². The molecule has 0 radical (unpaired) electrons. The van der Waals surface area contributed by atoms with Crippen LogP contribution in [0.3, 0.4) is 0 Å². The summed E-state index contributed by atoms with van der Waals surface area (Å²) in [5, 5.41) is 1.49. The van der Waals surface area contributed by atoms with E-state index in [1.807, 2.05) is 6.08 Å². The lowest BCUT2D eigenvalue weighted by Gasteiger charge is -2.35. The van der Waals surface area contributed by atoms with Crippen molar-refractivity contribution < 1.29 is 0 Å². The topological polar surface area (TPSA) is 3.24 Å². The highest BCUT2D eigenvalue weighted by Crippen LogP contribution is 2.11. The van der Waals surface area contributed by atoms with Gasteiger partial charge in [0.25, 0.3) is 0 Å². The predicted molar refractivity (Wildman–Crippen MR) is 76.6 cm³/mol. The Morgan fingerprint density at radius 3 is 2.38 bits per heavy atom. The molecular weight excluding hydrogens is 210 g/mol. The Bertz CT molecular complexity index is 354. The molecular formula is C14H23NSi. The molecule has 0 fully saturated rings. The molecule has 1 nitrogen and oxygen atoms in total. The molecule has 0 heterocycles. The average Bonchev–Trinajstić information content (AvgIpc) is 2.30. The summed E-state index contributed by atoms with van der Waals surface area (Å²) in [6.07, 6.45) is 1.93. The van der Waals surface area contributed by atoms with Gasteiger partial charge in [0.1, 0.15) is 0 Å². The summed E-state index contributed by atoms with van der Waals surface area (Å²) < 4.78 is 2.61. The molecule has 0 spiro atoms. The van der Waals surface area contributed by atoms with Gasteiger partial charge < -0.3 is 4.57 Å². The highest BCUT2D eigenvalue weighted by molar-refractivity contribution is 6.87. The Labute approximate surface area is 101 Å². The first-order chi connectivity index (χ1) is 7.56. The van der Waals surface area contributed by atoms with Crippen LogP contribution in [-0.2, 0) is 0 Å². The van der Waals surface area contributed by atoms with E-state index < -0.39 is 8.24 Å². The van der Waals surface area contributed by atoms with Gasteiger partial charge in [-0.15, -0.1) is 0 Å². The fourth-order valence-corrected chi connectivity index (χ4v) is 5.21. The third-order valence-electron chi connectivity index (χ3n) is 3.38. The van der Waals surface area contributed by atoms with E-state index in [4.69, 9.17) is 0 Å². The Morgan fingerprint density at radius 2 is 1.88 bits per heavy atom. The Hall–Kier alpha value is -0.863. The summed E-state index contributed by atoms with van der Waals surface area (Å²) in [7, 11) is -1.47. The molecule has 0 saturated heterocycles. The smallest absolute Gasteiger partial charge is 0.154 e. The lowest BCUT2D eigenvalue weighted by molar-refractivity contribution is 0.474. The van der Waals surface area contributed by atoms with Crippen molar-refractivity contribution in [3.8, 4) is 0 Å². The van der Waals surface area contributed by atoms with Crippen LogP contribution in [0.2, 0.25) is 13.1 Å². The maximum absolute atomic E-state index is 3.84. The lowest BCUT2D eigenvalue weighted by Crippen LogP contribution is -2.57. The predicted octanol–water partition coefficient (Wildman–Crippen LogP) is 3.08. The quantitative estimate of drug-likeness (QED) is 0.707. The molecule has 16 heavy (non-hydrogen) atoms. The molecule has 0 aliphatic carbocycles. The van der Waals surface area contributed by atoms with Crippen LogP contribution in [0.15, 0.2) is 30.8 Å². The first kappa shape index (κ1) is 13.2. The van der Waals surface area contributed by atoms with Crippen LogP contribution in [0.1, 0.15) is 19.4 Å². The molecule has 1 aromatic rings. The minimum Gasteiger partial charge on any atom is -0.321 e. The van der Waals surface area contributed by atoms with E-state index in [1.165, 1.54) is 10.8 Å². The van der Waals surface area contributed by atoms with Gasteiger partial charge >= 0.3 is 0 Å². The average molecular weight is 233 g/mol. The van der Waals surface area contributed by atoms with Crippen LogP contribution in [0.25, 0.3) is 6.08 Å². The van der Waals surface area contributed by atoms with E-state index in [9.17, 15) is 0 Å². The molecule has 0 amide bonds. The molecule has 0 unspecified atom stereocenters. The van der Waals surface area contributed by atoms with Gasteiger partial charge in [-0.2, -0.15) is 0 Å². The number of hydrogen-bond acceptors (Lipinski definition) is 1. The number of nitrogens with zero attached hydrogens (tertiary/aromatic N) is 1. The second kappa shape index (κ2) is 5.46. The first-order valence-corrected chi connectivity index (χ1v) is 8.99. The molecule has 0 aromatic heterocycles. The standard InChI is InChI=1S/C14H23NSi/c1-6-13-10-9-11-14(12-13)16(4,5)15(7-2)8-3/h6,9-12H,1,7-8H2,2-5H3. The van der Waals surface area contributed by atoms with Gasteiger partial charge in [-0.05, 0) is 23.8 Å². The van der Waals surface area contributed by atoms with Crippen LogP contribution in [-0.4, -0.2) is 25.9 Å². The third-order valence-corrected chi connectivity index (χ3v) is 7.32. The highest BCUT2D eigenvalue weighted by Gasteiger charge is 2.29. The fraction of sp³-hybridized carbons (Fsp3) is 0.429. The Balaban J connectivity index is 3.09. The van der Waals surface area contributed by atoms with E-state index >= 15 is 0 Å². The molecule has 0 aliphatic rings.